The number of hydrogen-bond donors (Lipinski definition) is 4. The molecule has 0 aliphatic heterocycles. The van der Waals surface area contributed by atoms with Gasteiger partial charge in [0.25, 0.3) is 0 Å². The zero-order valence-corrected chi connectivity index (χ0v) is 18.8. The lowest BCUT2D eigenvalue weighted by Gasteiger charge is -2.09. The number of nitrogens with one attached hydrogen (secondary N) is 3. The van der Waals surface area contributed by atoms with E-state index < -0.39 is 5.82 Å². The number of halogens is 1. The van der Waals surface area contributed by atoms with Crippen molar-refractivity contribution in [3.8, 4) is 22.6 Å². The Morgan fingerprint density at radius 3 is 2.94 bits per heavy atom. The van der Waals surface area contributed by atoms with Crippen LogP contribution in [0.25, 0.3) is 39.6 Å². The van der Waals surface area contributed by atoms with Crippen molar-refractivity contribution in [1.82, 2.24) is 25.1 Å². The van der Waals surface area contributed by atoms with Crippen molar-refractivity contribution in [2.45, 2.75) is 26.7 Å². The molecule has 9 heteroatoms. The van der Waals surface area contributed by atoms with Crippen LogP contribution in [0, 0.1) is 11.7 Å². The zero-order valence-electron chi connectivity index (χ0n) is 18.8. The van der Waals surface area contributed by atoms with E-state index in [1.165, 1.54) is 6.07 Å². The summed E-state index contributed by atoms with van der Waals surface area (Å²) < 4.78 is 15.0. The van der Waals surface area contributed by atoms with Gasteiger partial charge >= 0.3 is 0 Å². The predicted octanol–water partition coefficient (Wildman–Crippen LogP) is 4.55. The molecule has 0 atom stereocenters. The number of benzene rings is 1. The van der Waals surface area contributed by atoms with E-state index in [0.29, 0.717) is 52.1 Å². The van der Waals surface area contributed by atoms with Crippen molar-refractivity contribution in [3.63, 3.8) is 0 Å². The molecule has 1 aliphatic carbocycles. The predicted molar refractivity (Wildman–Crippen MR) is 130 cm³/mol. The van der Waals surface area contributed by atoms with Gasteiger partial charge in [-0.1, -0.05) is 19.9 Å². The van der Waals surface area contributed by atoms with E-state index >= 15 is 4.39 Å². The highest BCUT2D eigenvalue weighted by molar-refractivity contribution is 5.95. The van der Waals surface area contributed by atoms with Crippen LogP contribution in [-0.4, -0.2) is 31.1 Å². The number of nitrogens with zero attached hydrogens (tertiary/aromatic N) is 3. The number of aromatic amines is 2. The number of fused-ring (bicyclic) bond motifs is 2. The molecule has 34 heavy (non-hydrogen) atoms. The molecule has 0 saturated carbocycles. The summed E-state index contributed by atoms with van der Waals surface area (Å²) in [6.07, 6.45) is 9.66. The molecule has 0 radical (unpaired) electrons. The Labute approximate surface area is 195 Å². The minimum absolute atomic E-state index is 0.107. The van der Waals surface area contributed by atoms with Crippen molar-refractivity contribution >= 4 is 28.6 Å². The molecule has 4 aromatic rings. The fraction of sp³-hybridized carbons (Fsp3) is 0.200. The third kappa shape index (κ3) is 4.19. The smallest absolute Gasteiger partial charge is 0.224 e. The summed E-state index contributed by atoms with van der Waals surface area (Å²) in [5, 5.41) is 10.8. The van der Waals surface area contributed by atoms with Crippen LogP contribution < -0.4 is 11.1 Å². The number of pyridine rings is 1. The van der Waals surface area contributed by atoms with Gasteiger partial charge in [-0.15, -0.1) is 0 Å². The van der Waals surface area contributed by atoms with Gasteiger partial charge in [0.2, 0.25) is 5.91 Å². The Bertz CT molecular complexity index is 1460. The molecule has 5 rings (SSSR count). The molecule has 8 nitrogen and oxygen atoms in total. The van der Waals surface area contributed by atoms with E-state index in [4.69, 9.17) is 5.73 Å². The average Bonchev–Trinajstić information content (AvgIpc) is 3.31. The maximum absolute atomic E-state index is 15.0. The highest BCUT2D eigenvalue weighted by Crippen LogP contribution is 2.33. The van der Waals surface area contributed by atoms with Gasteiger partial charge in [-0.3, -0.25) is 14.9 Å². The fourth-order valence-corrected chi connectivity index (χ4v) is 4.01. The first-order chi connectivity index (χ1) is 16.4. The number of anilines is 1. The van der Waals surface area contributed by atoms with E-state index in [9.17, 15) is 4.79 Å². The monoisotopic (exact) mass is 457 g/mol. The molecule has 0 unspecified atom stereocenters. The molecule has 1 aromatic carbocycles. The number of nitrogens with two attached hydrogens (primary N) is 1. The van der Waals surface area contributed by atoms with Gasteiger partial charge in [-0.05, 0) is 30.2 Å². The lowest BCUT2D eigenvalue weighted by atomic mass is 10.0. The van der Waals surface area contributed by atoms with Gasteiger partial charge in [-0.2, -0.15) is 5.10 Å². The van der Waals surface area contributed by atoms with Gasteiger partial charge < -0.3 is 16.0 Å². The van der Waals surface area contributed by atoms with Crippen LogP contribution in [0.3, 0.4) is 0 Å². The van der Waals surface area contributed by atoms with Crippen molar-refractivity contribution in [1.29, 1.82) is 0 Å². The lowest BCUT2D eigenvalue weighted by molar-refractivity contribution is -0.116. The van der Waals surface area contributed by atoms with Crippen LogP contribution in [0.1, 0.15) is 31.7 Å². The highest BCUT2D eigenvalue weighted by Gasteiger charge is 2.19. The number of allylic oxidation sites excluding steroid dienone is 3. The average molecular weight is 458 g/mol. The summed E-state index contributed by atoms with van der Waals surface area (Å²) in [4.78, 5) is 24.3. The van der Waals surface area contributed by atoms with E-state index in [0.717, 1.165) is 17.1 Å². The minimum Gasteiger partial charge on any atom is -0.402 e. The number of hydrogen-bond acceptors (Lipinski definition) is 5. The van der Waals surface area contributed by atoms with Gasteiger partial charge in [0.15, 0.2) is 5.82 Å². The summed E-state index contributed by atoms with van der Waals surface area (Å²) in [5.41, 5.74) is 11.0. The Morgan fingerprint density at radius 2 is 2.12 bits per heavy atom. The second kappa shape index (κ2) is 8.58. The number of carbonyl (C=O) groups excluding carboxylic acids is 1. The van der Waals surface area contributed by atoms with E-state index in [1.807, 2.05) is 32.1 Å². The molecule has 3 aromatic heterocycles. The Balaban J connectivity index is 1.52. The van der Waals surface area contributed by atoms with Gasteiger partial charge in [-0.25, -0.2) is 9.37 Å². The summed E-state index contributed by atoms with van der Waals surface area (Å²) in [6.45, 7) is 3.94. The van der Waals surface area contributed by atoms with Crippen molar-refractivity contribution in [3.05, 3.63) is 65.6 Å². The largest absolute Gasteiger partial charge is 0.402 e. The molecule has 1 amide bonds. The number of aromatic nitrogens is 5. The van der Waals surface area contributed by atoms with Crippen LogP contribution >= 0.6 is 0 Å². The molecule has 0 bridgehead atoms. The number of imidazole rings is 1. The number of amides is 1. The highest BCUT2D eigenvalue weighted by atomic mass is 19.1. The topological polar surface area (TPSA) is 125 Å². The second-order valence-corrected chi connectivity index (χ2v) is 8.78. The van der Waals surface area contributed by atoms with Gasteiger partial charge in [0.1, 0.15) is 11.5 Å². The second-order valence-electron chi connectivity index (χ2n) is 8.78. The fourth-order valence-electron chi connectivity index (χ4n) is 4.01. The lowest BCUT2D eigenvalue weighted by Crippen LogP contribution is -2.14. The first kappa shape index (κ1) is 21.6. The molecule has 0 saturated heterocycles. The number of carbonyl (C=O) groups is 1. The normalized spacial score (nSPS) is 13.1. The molecular formula is C25H24FN7O. The Morgan fingerprint density at radius 1 is 1.26 bits per heavy atom. The van der Waals surface area contributed by atoms with Crippen molar-refractivity contribution in [2.75, 3.05) is 5.32 Å². The maximum atomic E-state index is 15.0. The maximum Gasteiger partial charge on any atom is 0.224 e. The SMILES string of the molecule is CC(C)CC(=O)Nc1cncc(-c2cc3c(-c4nc5c([nH]4)CC(N)=CC=C5)n[nH]c3cc2F)c1. The van der Waals surface area contributed by atoms with Crippen LogP contribution in [0.2, 0.25) is 0 Å². The molecule has 172 valence electrons. The van der Waals surface area contributed by atoms with E-state index in [1.54, 1.807) is 24.5 Å². The standard InChI is InChI=1S/C25H24FN7O/c1-13(2)6-23(34)29-16-7-14(11-28-12-16)17-9-18-21(10-19(17)26)32-33-24(18)25-30-20-5-3-4-15(27)8-22(20)31-25/h3-5,7,9-13H,6,8,27H2,1-2H3,(H,29,34)(H,30,31)(H,32,33). The molecule has 1 aliphatic rings. The molecule has 0 fully saturated rings. The quantitative estimate of drug-likeness (QED) is 0.350. The Hall–Kier alpha value is -4.27. The summed E-state index contributed by atoms with van der Waals surface area (Å²) in [6, 6.07) is 4.84. The van der Waals surface area contributed by atoms with E-state index in [-0.39, 0.29) is 11.8 Å². The summed E-state index contributed by atoms with van der Waals surface area (Å²) in [7, 11) is 0. The van der Waals surface area contributed by atoms with Gasteiger partial charge in [0.05, 0.1) is 23.1 Å². The Kier molecular flexibility index (Phi) is 5.45. The first-order valence-corrected chi connectivity index (χ1v) is 11.0. The third-order valence-corrected chi connectivity index (χ3v) is 5.56. The summed E-state index contributed by atoms with van der Waals surface area (Å²) in [5.74, 6) is 0.270. The third-order valence-electron chi connectivity index (χ3n) is 5.56. The number of H-pyrrole nitrogens is 2. The van der Waals surface area contributed by atoms with Gasteiger partial charge in [0, 0.05) is 53.0 Å². The molecule has 3 heterocycles. The molecule has 0 spiro atoms. The number of rotatable bonds is 5. The minimum atomic E-state index is -0.425. The van der Waals surface area contributed by atoms with Crippen molar-refractivity contribution < 1.29 is 9.18 Å². The van der Waals surface area contributed by atoms with Crippen molar-refractivity contribution in [2.24, 2.45) is 11.7 Å². The summed E-state index contributed by atoms with van der Waals surface area (Å²) >= 11 is 0. The van der Waals surface area contributed by atoms with Crippen LogP contribution in [0.4, 0.5) is 10.1 Å². The van der Waals surface area contributed by atoms with Crippen LogP contribution in [0.15, 0.2) is 48.4 Å². The van der Waals surface area contributed by atoms with E-state index in [2.05, 4.69) is 30.5 Å². The first-order valence-electron chi connectivity index (χ1n) is 11.0. The van der Waals surface area contributed by atoms with Crippen LogP contribution in [0.5, 0.6) is 0 Å². The zero-order chi connectivity index (χ0) is 23.8. The molecule has 5 N–H and O–H groups in total. The molecular weight excluding hydrogens is 433 g/mol. The van der Waals surface area contributed by atoms with Crippen LogP contribution in [-0.2, 0) is 11.2 Å².